The number of thiocarbonyl (C=S) groups is 1. The third-order valence-corrected chi connectivity index (χ3v) is 5.15. The lowest BCUT2D eigenvalue weighted by Gasteiger charge is -2.12. The molecule has 0 spiro atoms. The van der Waals surface area contributed by atoms with Gasteiger partial charge in [-0.25, -0.2) is 0 Å². The van der Waals surface area contributed by atoms with E-state index in [-0.39, 0.29) is 0 Å². The van der Waals surface area contributed by atoms with Crippen LogP contribution in [0.3, 0.4) is 0 Å². The zero-order valence-corrected chi connectivity index (χ0v) is 16.8. The van der Waals surface area contributed by atoms with Crippen LogP contribution in [0.15, 0.2) is 72.9 Å². The number of rotatable bonds is 4. The molecule has 0 amide bonds. The minimum atomic E-state index is 0.532. The van der Waals surface area contributed by atoms with Gasteiger partial charge in [-0.1, -0.05) is 54.6 Å². The van der Waals surface area contributed by atoms with Crippen LogP contribution in [0.4, 0.5) is 11.5 Å². The van der Waals surface area contributed by atoms with E-state index in [1.54, 1.807) is 0 Å². The van der Waals surface area contributed by atoms with E-state index in [1.165, 1.54) is 27.5 Å². The minimum absolute atomic E-state index is 0.532. The van der Waals surface area contributed by atoms with Crippen LogP contribution < -0.4 is 10.6 Å². The van der Waals surface area contributed by atoms with Gasteiger partial charge in [0.2, 0.25) is 0 Å². The maximum atomic E-state index is 5.45. The minimum Gasteiger partial charge on any atom is -0.332 e. The molecule has 0 aliphatic carbocycles. The van der Waals surface area contributed by atoms with Crippen LogP contribution in [-0.2, 0) is 6.54 Å². The Kier molecular flexibility index (Phi) is 5.08. The number of anilines is 2. The third kappa shape index (κ3) is 3.89. The van der Waals surface area contributed by atoms with Gasteiger partial charge in [0.1, 0.15) is 0 Å². The molecule has 0 atom stereocenters. The number of hydrogen-bond donors (Lipinski definition) is 2. The van der Waals surface area contributed by atoms with E-state index >= 15 is 0 Å². The molecule has 0 bridgehead atoms. The Bertz CT molecular complexity index is 1140. The molecule has 0 aliphatic heterocycles. The highest BCUT2D eigenvalue weighted by atomic mass is 32.1. The maximum Gasteiger partial charge on any atom is 0.176 e. The first-order valence-electron chi connectivity index (χ1n) is 9.24. The first kappa shape index (κ1) is 18.2. The molecule has 4 rings (SSSR count). The molecular formula is C23H22N4S. The molecule has 4 aromatic rings. The molecule has 5 heteroatoms. The van der Waals surface area contributed by atoms with Crippen molar-refractivity contribution in [3.63, 3.8) is 0 Å². The van der Waals surface area contributed by atoms with Gasteiger partial charge in [-0.3, -0.25) is 4.68 Å². The summed E-state index contributed by atoms with van der Waals surface area (Å²) >= 11 is 5.45. The number of hydrogen-bond acceptors (Lipinski definition) is 2. The molecule has 2 N–H and O–H groups in total. The van der Waals surface area contributed by atoms with Crippen LogP contribution >= 0.6 is 12.2 Å². The lowest BCUT2D eigenvalue weighted by Crippen LogP contribution is -2.20. The summed E-state index contributed by atoms with van der Waals surface area (Å²) in [5.41, 5.74) is 4.66. The van der Waals surface area contributed by atoms with Gasteiger partial charge in [0.15, 0.2) is 10.9 Å². The lowest BCUT2D eigenvalue weighted by molar-refractivity contribution is 0.693. The first-order valence-corrected chi connectivity index (χ1v) is 9.65. The van der Waals surface area contributed by atoms with Gasteiger partial charge in [-0.05, 0) is 59.6 Å². The summed E-state index contributed by atoms with van der Waals surface area (Å²) in [5, 5.41) is 14.1. The fourth-order valence-corrected chi connectivity index (χ4v) is 3.49. The predicted molar refractivity (Wildman–Crippen MR) is 121 cm³/mol. The van der Waals surface area contributed by atoms with Crippen molar-refractivity contribution in [3.8, 4) is 0 Å². The summed E-state index contributed by atoms with van der Waals surface area (Å²) < 4.78 is 1.92. The van der Waals surface area contributed by atoms with Crippen LogP contribution in [0.2, 0.25) is 0 Å². The molecule has 28 heavy (non-hydrogen) atoms. The van der Waals surface area contributed by atoms with E-state index in [9.17, 15) is 0 Å². The SMILES string of the molecule is Cc1cccc(NC(=S)Nc2ccn(Cc3cccc4ccccc34)n2)c1C. The normalized spacial score (nSPS) is 10.8. The van der Waals surface area contributed by atoms with Crippen LogP contribution in [0.5, 0.6) is 0 Å². The summed E-state index contributed by atoms with van der Waals surface area (Å²) in [4.78, 5) is 0. The Morgan fingerprint density at radius 2 is 1.71 bits per heavy atom. The van der Waals surface area contributed by atoms with Gasteiger partial charge in [0, 0.05) is 18.0 Å². The van der Waals surface area contributed by atoms with Crippen molar-refractivity contribution in [2.24, 2.45) is 0 Å². The number of nitrogens with one attached hydrogen (secondary N) is 2. The van der Waals surface area contributed by atoms with Crippen LogP contribution in [0, 0.1) is 13.8 Å². The second-order valence-electron chi connectivity index (χ2n) is 6.86. The zero-order chi connectivity index (χ0) is 19.5. The van der Waals surface area contributed by atoms with Crippen molar-refractivity contribution < 1.29 is 0 Å². The topological polar surface area (TPSA) is 41.9 Å². The predicted octanol–water partition coefficient (Wildman–Crippen LogP) is 5.51. The van der Waals surface area contributed by atoms with Gasteiger partial charge in [-0.15, -0.1) is 0 Å². The highest BCUT2D eigenvalue weighted by Crippen LogP contribution is 2.20. The highest BCUT2D eigenvalue weighted by Gasteiger charge is 2.07. The van der Waals surface area contributed by atoms with E-state index in [2.05, 4.69) is 78.1 Å². The van der Waals surface area contributed by atoms with Gasteiger partial charge >= 0.3 is 0 Å². The second kappa shape index (κ2) is 7.82. The molecule has 1 aromatic heterocycles. The van der Waals surface area contributed by atoms with Crippen LogP contribution in [0.25, 0.3) is 10.8 Å². The average Bonchev–Trinajstić information content (AvgIpc) is 3.12. The summed E-state index contributed by atoms with van der Waals surface area (Å²) in [6.45, 7) is 4.88. The van der Waals surface area contributed by atoms with Gasteiger partial charge in [-0.2, -0.15) is 5.10 Å². The maximum absolute atomic E-state index is 5.45. The number of nitrogens with zero attached hydrogens (tertiary/aromatic N) is 2. The fraction of sp³-hybridized carbons (Fsp3) is 0.130. The molecule has 140 valence electrons. The largest absolute Gasteiger partial charge is 0.332 e. The molecule has 1 heterocycles. The van der Waals surface area contributed by atoms with Crippen LogP contribution in [0.1, 0.15) is 16.7 Å². The molecule has 0 fully saturated rings. The van der Waals surface area contributed by atoms with E-state index in [0.29, 0.717) is 11.7 Å². The summed E-state index contributed by atoms with van der Waals surface area (Å²) in [6.07, 6.45) is 1.96. The van der Waals surface area contributed by atoms with E-state index in [1.807, 2.05) is 29.1 Å². The standard InChI is InChI=1S/C23H22N4S/c1-16-7-5-12-21(17(16)2)24-23(28)25-22-13-14-27(26-22)15-19-10-6-9-18-8-3-4-11-20(18)19/h3-14H,15H2,1-2H3,(H2,24,25,26,28). The zero-order valence-electron chi connectivity index (χ0n) is 15.9. The van der Waals surface area contributed by atoms with Crippen molar-refractivity contribution in [1.82, 2.24) is 9.78 Å². The highest BCUT2D eigenvalue weighted by molar-refractivity contribution is 7.80. The number of fused-ring (bicyclic) bond motifs is 1. The number of aromatic nitrogens is 2. The molecule has 0 saturated carbocycles. The van der Waals surface area contributed by atoms with E-state index in [4.69, 9.17) is 12.2 Å². The molecular weight excluding hydrogens is 364 g/mol. The molecule has 4 nitrogen and oxygen atoms in total. The molecule has 0 aliphatic rings. The lowest BCUT2D eigenvalue weighted by atomic mass is 10.0. The quantitative estimate of drug-likeness (QED) is 0.454. The van der Waals surface area contributed by atoms with E-state index < -0.39 is 0 Å². The Hall–Kier alpha value is -3.18. The average molecular weight is 387 g/mol. The van der Waals surface area contributed by atoms with Crippen molar-refractivity contribution in [2.75, 3.05) is 10.6 Å². The summed E-state index contributed by atoms with van der Waals surface area (Å²) in [6, 6.07) is 22.8. The fourth-order valence-electron chi connectivity index (χ4n) is 3.28. The molecule has 0 saturated heterocycles. The van der Waals surface area contributed by atoms with Crippen molar-refractivity contribution in [3.05, 3.63) is 89.6 Å². The number of benzene rings is 3. The van der Waals surface area contributed by atoms with Crippen LogP contribution in [-0.4, -0.2) is 14.9 Å². The summed E-state index contributed by atoms with van der Waals surface area (Å²) in [5.74, 6) is 0.725. The Balaban J connectivity index is 1.45. The van der Waals surface area contributed by atoms with Gasteiger partial charge in [0.25, 0.3) is 0 Å². The monoisotopic (exact) mass is 386 g/mol. The smallest absolute Gasteiger partial charge is 0.176 e. The molecule has 0 radical (unpaired) electrons. The molecule has 0 unspecified atom stereocenters. The molecule has 3 aromatic carbocycles. The van der Waals surface area contributed by atoms with Crippen molar-refractivity contribution in [2.45, 2.75) is 20.4 Å². The van der Waals surface area contributed by atoms with Gasteiger partial charge < -0.3 is 10.6 Å². The van der Waals surface area contributed by atoms with Gasteiger partial charge in [0.05, 0.1) is 6.54 Å². The third-order valence-electron chi connectivity index (χ3n) is 4.95. The Labute approximate surface area is 170 Å². The van der Waals surface area contributed by atoms with E-state index in [0.717, 1.165) is 11.5 Å². The Morgan fingerprint density at radius 3 is 2.61 bits per heavy atom. The number of aryl methyl sites for hydroxylation is 1. The second-order valence-corrected chi connectivity index (χ2v) is 7.27. The first-order chi connectivity index (χ1) is 13.6. The van der Waals surface area contributed by atoms with Crippen molar-refractivity contribution in [1.29, 1.82) is 0 Å². The summed E-state index contributed by atoms with van der Waals surface area (Å²) in [7, 11) is 0. The van der Waals surface area contributed by atoms with Crippen molar-refractivity contribution >= 4 is 39.6 Å². The Morgan fingerprint density at radius 1 is 0.929 bits per heavy atom.